The molecule has 23 heavy (non-hydrogen) atoms. The molecule has 0 heterocycles. The number of hydrogen-bond acceptors (Lipinski definition) is 1. The van der Waals surface area contributed by atoms with E-state index in [4.69, 9.17) is 0 Å². The first kappa shape index (κ1) is 19.2. The molecule has 2 aromatic carbocycles. The van der Waals surface area contributed by atoms with Crippen LogP contribution in [-0.2, 0) is 0 Å². The first-order valence-electron chi connectivity index (χ1n) is 8.68. The molecule has 0 aliphatic rings. The summed E-state index contributed by atoms with van der Waals surface area (Å²) in [5, 5.41) is 2.92. The minimum absolute atomic E-state index is 0.977. The van der Waals surface area contributed by atoms with Gasteiger partial charge >= 0.3 is 155 Å². The van der Waals surface area contributed by atoms with E-state index in [0.717, 1.165) is 0 Å². The van der Waals surface area contributed by atoms with Crippen LogP contribution in [0.15, 0.2) is 60.7 Å². The van der Waals surface area contributed by atoms with E-state index in [1.54, 1.807) is 8.70 Å². The average molecular weight is 450 g/mol. The average Bonchev–Trinajstić information content (AvgIpc) is 2.62. The summed E-state index contributed by atoms with van der Waals surface area (Å²) in [6, 6.07) is 22.8. The SMILES string of the molecule is CCCC[As](S[As](CCCC)c1ccccc1)c1ccccc1. The molecule has 0 radical (unpaired) electrons. The second-order valence-corrected chi connectivity index (χ2v) is 24.0. The minimum atomic E-state index is -0.977. The Morgan fingerprint density at radius 3 is 1.39 bits per heavy atom. The molecule has 2 atom stereocenters. The van der Waals surface area contributed by atoms with Gasteiger partial charge in [0.15, 0.2) is 0 Å². The zero-order valence-corrected chi connectivity index (χ0v) is 18.9. The third-order valence-electron chi connectivity index (χ3n) is 3.71. The van der Waals surface area contributed by atoms with Gasteiger partial charge in [-0.05, 0) is 0 Å². The standard InChI is InChI=1S/C20H28As2S/c1-3-5-17-21(19-13-9-7-10-14-19)23-22(18-6-4-2)20-15-11-8-12-16-20/h7-16H,3-6,17-18H2,1-2H3. The van der Waals surface area contributed by atoms with Crippen LogP contribution in [0.1, 0.15) is 39.5 Å². The molecule has 2 unspecified atom stereocenters. The monoisotopic (exact) mass is 450 g/mol. The zero-order chi connectivity index (χ0) is 16.3. The second-order valence-electron chi connectivity index (χ2n) is 5.66. The van der Waals surface area contributed by atoms with Crippen molar-refractivity contribution in [3.05, 3.63) is 60.7 Å². The van der Waals surface area contributed by atoms with E-state index in [1.807, 2.05) is 0 Å². The first-order valence-corrected chi connectivity index (χ1v) is 18.5. The van der Waals surface area contributed by atoms with Gasteiger partial charge in [0.25, 0.3) is 0 Å². The van der Waals surface area contributed by atoms with E-state index in [9.17, 15) is 0 Å². The van der Waals surface area contributed by atoms with Crippen LogP contribution in [0.2, 0.25) is 10.4 Å². The molecule has 0 spiro atoms. The molecule has 3 heteroatoms. The molecule has 0 aromatic heterocycles. The molecule has 0 amide bonds. The molecule has 0 bridgehead atoms. The van der Waals surface area contributed by atoms with Gasteiger partial charge < -0.3 is 0 Å². The van der Waals surface area contributed by atoms with Gasteiger partial charge in [0.1, 0.15) is 0 Å². The summed E-state index contributed by atoms with van der Waals surface area (Å²) in [6.07, 6.45) is 5.44. The predicted octanol–water partition coefficient (Wildman–Crippen LogP) is 5.12. The van der Waals surface area contributed by atoms with Crippen LogP contribution in [0, 0.1) is 0 Å². The molecule has 0 aliphatic heterocycles. The Kier molecular flexibility index (Phi) is 9.58. The Bertz CT molecular complexity index is 480. The maximum absolute atomic E-state index is 2.47. The molecular formula is C20H28As2S. The van der Waals surface area contributed by atoms with Gasteiger partial charge in [0.05, 0.1) is 0 Å². The Morgan fingerprint density at radius 1 is 0.652 bits per heavy atom. The zero-order valence-electron chi connectivity index (χ0n) is 14.3. The summed E-state index contributed by atoms with van der Waals surface area (Å²) in [4.78, 5) is 0. The Balaban J connectivity index is 2.15. The quantitative estimate of drug-likeness (QED) is 0.453. The van der Waals surface area contributed by atoms with Crippen LogP contribution in [0.25, 0.3) is 0 Å². The molecule has 0 N–H and O–H groups in total. The van der Waals surface area contributed by atoms with Gasteiger partial charge in [0.2, 0.25) is 0 Å². The van der Waals surface area contributed by atoms with E-state index in [-0.39, 0.29) is 0 Å². The van der Waals surface area contributed by atoms with E-state index in [2.05, 4.69) is 82.8 Å². The topological polar surface area (TPSA) is 0 Å². The van der Waals surface area contributed by atoms with Crippen molar-refractivity contribution < 1.29 is 0 Å². The summed E-state index contributed by atoms with van der Waals surface area (Å²) in [5.41, 5.74) is 0. The molecule has 0 saturated carbocycles. The van der Waals surface area contributed by atoms with E-state index < -0.39 is 27.0 Å². The fourth-order valence-corrected chi connectivity index (χ4v) is 34.3. The summed E-state index contributed by atoms with van der Waals surface area (Å²) in [6.45, 7) is 4.65. The summed E-state index contributed by atoms with van der Waals surface area (Å²) in [7, 11) is 2.47. The van der Waals surface area contributed by atoms with Crippen molar-refractivity contribution in [2.45, 2.75) is 49.9 Å². The van der Waals surface area contributed by atoms with Crippen LogP contribution >= 0.6 is 8.29 Å². The van der Waals surface area contributed by atoms with Crippen LogP contribution < -0.4 is 8.70 Å². The predicted molar refractivity (Wildman–Crippen MR) is 111 cm³/mol. The molecule has 0 aliphatic carbocycles. The van der Waals surface area contributed by atoms with E-state index >= 15 is 0 Å². The van der Waals surface area contributed by atoms with Crippen LogP contribution in [0.5, 0.6) is 0 Å². The van der Waals surface area contributed by atoms with Crippen molar-refractivity contribution in [2.24, 2.45) is 0 Å². The maximum atomic E-state index is 2.47. The van der Waals surface area contributed by atoms with Crippen LogP contribution in [0.4, 0.5) is 0 Å². The second kappa shape index (κ2) is 11.5. The van der Waals surface area contributed by atoms with E-state index in [1.165, 1.54) is 36.1 Å². The van der Waals surface area contributed by atoms with Crippen molar-refractivity contribution in [3.63, 3.8) is 0 Å². The van der Waals surface area contributed by atoms with Gasteiger partial charge in [-0.3, -0.25) is 0 Å². The molecule has 2 aromatic rings. The number of hydrogen-bond donors (Lipinski definition) is 0. The summed E-state index contributed by atoms with van der Waals surface area (Å²) >= 11 is -1.95. The Hall–Kier alpha value is -0.0931. The van der Waals surface area contributed by atoms with Crippen molar-refractivity contribution in [3.8, 4) is 0 Å². The third-order valence-corrected chi connectivity index (χ3v) is 30.3. The fourth-order valence-electron chi connectivity index (χ4n) is 2.35. The van der Waals surface area contributed by atoms with Gasteiger partial charge in [-0.1, -0.05) is 0 Å². The summed E-state index contributed by atoms with van der Waals surface area (Å²) < 4.78 is 3.34. The Labute approximate surface area is 154 Å². The van der Waals surface area contributed by atoms with Gasteiger partial charge in [-0.25, -0.2) is 0 Å². The molecule has 0 nitrogen and oxygen atoms in total. The van der Waals surface area contributed by atoms with Crippen molar-refractivity contribution in [1.29, 1.82) is 0 Å². The molecular weight excluding hydrogens is 422 g/mol. The fraction of sp³-hybridized carbons (Fsp3) is 0.400. The van der Waals surface area contributed by atoms with Crippen LogP contribution in [-0.4, -0.2) is 27.0 Å². The van der Waals surface area contributed by atoms with Gasteiger partial charge in [-0.15, -0.1) is 0 Å². The normalized spacial score (nSPS) is 13.7. The van der Waals surface area contributed by atoms with Crippen molar-refractivity contribution in [1.82, 2.24) is 0 Å². The van der Waals surface area contributed by atoms with Gasteiger partial charge in [-0.2, -0.15) is 0 Å². The molecule has 0 saturated heterocycles. The van der Waals surface area contributed by atoms with E-state index in [0.29, 0.717) is 0 Å². The number of benzene rings is 2. The molecule has 0 fully saturated rings. The Morgan fingerprint density at radius 2 is 1.04 bits per heavy atom. The first-order chi connectivity index (χ1) is 11.3. The molecule has 2 rings (SSSR count). The summed E-state index contributed by atoms with van der Waals surface area (Å²) in [5.74, 6) is 0. The third kappa shape index (κ3) is 6.73. The van der Waals surface area contributed by atoms with Gasteiger partial charge in [0, 0.05) is 0 Å². The molecule has 124 valence electrons. The number of unbranched alkanes of at least 4 members (excludes halogenated alkanes) is 2. The van der Waals surface area contributed by atoms with Crippen molar-refractivity contribution >= 4 is 44.0 Å². The van der Waals surface area contributed by atoms with Crippen molar-refractivity contribution in [2.75, 3.05) is 0 Å². The number of rotatable bonds is 10. The van der Waals surface area contributed by atoms with Crippen LogP contribution in [0.3, 0.4) is 0 Å².